The Bertz CT molecular complexity index is 748. The van der Waals surface area contributed by atoms with Crippen LogP contribution in [0, 0.1) is 11.3 Å². The molecule has 114 valence electrons. The monoisotopic (exact) mass is 320 g/mol. The van der Waals surface area contributed by atoms with Crippen LogP contribution in [-0.2, 0) is 9.53 Å². The molecule has 22 heavy (non-hydrogen) atoms. The maximum atomic E-state index is 11.9. The summed E-state index contributed by atoms with van der Waals surface area (Å²) in [6, 6.07) is 8.41. The largest absolute Gasteiger partial charge is 0.450 e. The highest BCUT2D eigenvalue weighted by Gasteiger charge is 2.17. The third-order valence-corrected chi connectivity index (χ3v) is 3.23. The van der Waals surface area contributed by atoms with Crippen LogP contribution in [0.15, 0.2) is 28.7 Å². The number of nitrogens with zero attached hydrogens (tertiary/aromatic N) is 2. The average molecular weight is 321 g/mol. The molecule has 0 saturated carbocycles. The van der Waals surface area contributed by atoms with Crippen LogP contribution in [0.4, 0.5) is 0 Å². The fourth-order valence-electron chi connectivity index (χ4n) is 1.77. The standard InChI is InChI=1S/C15H13ClN2O4/c1-18(6-2-5-17)14(19)9-21-15(20)13-8-10-7-11(16)3-4-12(10)22-13/h3-4,7-8H,2,6,9H2,1H3. The van der Waals surface area contributed by atoms with Gasteiger partial charge in [0.25, 0.3) is 5.91 Å². The third kappa shape index (κ3) is 3.77. The first-order valence-electron chi connectivity index (χ1n) is 6.48. The van der Waals surface area contributed by atoms with E-state index in [-0.39, 0.29) is 24.6 Å². The van der Waals surface area contributed by atoms with E-state index in [4.69, 9.17) is 26.0 Å². The molecule has 2 rings (SSSR count). The lowest BCUT2D eigenvalue weighted by atomic mass is 10.2. The first-order valence-corrected chi connectivity index (χ1v) is 6.86. The van der Waals surface area contributed by atoms with Gasteiger partial charge in [0.2, 0.25) is 5.76 Å². The molecule has 0 aliphatic carbocycles. The van der Waals surface area contributed by atoms with Gasteiger partial charge < -0.3 is 14.1 Å². The first kappa shape index (κ1) is 15.9. The number of ether oxygens (including phenoxy) is 1. The van der Waals surface area contributed by atoms with E-state index in [0.717, 1.165) is 0 Å². The van der Waals surface area contributed by atoms with Crippen LogP contribution in [0.25, 0.3) is 11.0 Å². The molecule has 0 bridgehead atoms. The molecule has 1 amide bonds. The van der Waals surface area contributed by atoms with Crippen molar-refractivity contribution in [2.24, 2.45) is 0 Å². The van der Waals surface area contributed by atoms with Crippen LogP contribution in [0.3, 0.4) is 0 Å². The second-order valence-corrected chi connectivity index (χ2v) is 5.03. The molecular formula is C15H13ClN2O4. The van der Waals surface area contributed by atoms with E-state index < -0.39 is 12.6 Å². The second-order valence-electron chi connectivity index (χ2n) is 4.59. The van der Waals surface area contributed by atoms with Crippen LogP contribution >= 0.6 is 11.6 Å². The number of fused-ring (bicyclic) bond motifs is 1. The van der Waals surface area contributed by atoms with E-state index in [1.165, 1.54) is 18.0 Å². The smallest absolute Gasteiger partial charge is 0.374 e. The lowest BCUT2D eigenvalue weighted by molar-refractivity contribution is -0.133. The summed E-state index contributed by atoms with van der Waals surface area (Å²) in [5.74, 6) is -1.11. The Kier molecular flexibility index (Phi) is 5.02. The number of carbonyl (C=O) groups excluding carboxylic acids is 2. The van der Waals surface area contributed by atoms with Crippen molar-refractivity contribution in [3.8, 4) is 6.07 Å². The minimum absolute atomic E-state index is 0.00439. The molecule has 0 N–H and O–H groups in total. The van der Waals surface area contributed by atoms with Crippen molar-refractivity contribution in [2.45, 2.75) is 6.42 Å². The van der Waals surface area contributed by atoms with E-state index in [1.54, 1.807) is 18.2 Å². The van der Waals surface area contributed by atoms with Gasteiger partial charge in [0.15, 0.2) is 6.61 Å². The molecule has 0 unspecified atom stereocenters. The van der Waals surface area contributed by atoms with Crippen LogP contribution in [0.1, 0.15) is 17.0 Å². The van der Waals surface area contributed by atoms with Crippen molar-refractivity contribution in [3.05, 3.63) is 35.0 Å². The predicted molar refractivity (Wildman–Crippen MR) is 79.4 cm³/mol. The third-order valence-electron chi connectivity index (χ3n) is 2.99. The summed E-state index contributed by atoms with van der Waals surface area (Å²) in [4.78, 5) is 24.9. The number of hydrogen-bond acceptors (Lipinski definition) is 5. The lowest BCUT2D eigenvalue weighted by Crippen LogP contribution is -2.31. The molecule has 0 fully saturated rings. The molecular weight excluding hydrogens is 308 g/mol. The first-order chi connectivity index (χ1) is 10.5. The number of benzene rings is 1. The fraction of sp³-hybridized carbons (Fsp3) is 0.267. The maximum Gasteiger partial charge on any atom is 0.374 e. The van der Waals surface area contributed by atoms with Crippen molar-refractivity contribution in [3.63, 3.8) is 0 Å². The Morgan fingerprint density at radius 1 is 1.41 bits per heavy atom. The zero-order valence-corrected chi connectivity index (χ0v) is 12.6. The minimum atomic E-state index is -0.727. The Morgan fingerprint density at radius 3 is 2.91 bits per heavy atom. The van der Waals surface area contributed by atoms with Gasteiger partial charge in [0, 0.05) is 24.0 Å². The number of halogens is 1. The summed E-state index contributed by atoms with van der Waals surface area (Å²) in [6.07, 6.45) is 0.223. The highest BCUT2D eigenvalue weighted by Crippen LogP contribution is 2.23. The number of likely N-dealkylation sites (N-methyl/N-ethyl adjacent to an activating group) is 1. The highest BCUT2D eigenvalue weighted by atomic mass is 35.5. The summed E-state index contributed by atoms with van der Waals surface area (Å²) in [5.41, 5.74) is 0.508. The van der Waals surface area contributed by atoms with Crippen LogP contribution in [0.2, 0.25) is 5.02 Å². The molecule has 0 aliphatic heterocycles. The van der Waals surface area contributed by atoms with Crippen molar-refractivity contribution in [2.75, 3.05) is 20.2 Å². The van der Waals surface area contributed by atoms with Gasteiger partial charge in [-0.3, -0.25) is 4.79 Å². The summed E-state index contributed by atoms with van der Waals surface area (Å²) in [6.45, 7) is -0.116. The van der Waals surface area contributed by atoms with E-state index in [2.05, 4.69) is 0 Å². The minimum Gasteiger partial charge on any atom is -0.450 e. The SMILES string of the molecule is CN(CCC#N)C(=O)COC(=O)c1cc2cc(Cl)ccc2o1. The van der Waals surface area contributed by atoms with E-state index in [1.807, 2.05) is 6.07 Å². The molecule has 6 nitrogen and oxygen atoms in total. The molecule has 0 aliphatic rings. The molecule has 2 aromatic rings. The molecule has 7 heteroatoms. The second kappa shape index (κ2) is 6.96. The van der Waals surface area contributed by atoms with Gasteiger partial charge in [0.1, 0.15) is 5.58 Å². The number of rotatable bonds is 5. The average Bonchev–Trinajstić information content (AvgIpc) is 2.92. The van der Waals surface area contributed by atoms with Gasteiger partial charge >= 0.3 is 5.97 Å². The number of hydrogen-bond donors (Lipinski definition) is 0. The van der Waals surface area contributed by atoms with Gasteiger partial charge in [-0.2, -0.15) is 5.26 Å². The summed E-state index contributed by atoms with van der Waals surface area (Å²) >= 11 is 5.86. The highest BCUT2D eigenvalue weighted by molar-refractivity contribution is 6.31. The Balaban J connectivity index is 1.96. The molecule has 1 aromatic carbocycles. The summed E-state index contributed by atoms with van der Waals surface area (Å²) < 4.78 is 10.3. The molecule has 0 saturated heterocycles. The quantitative estimate of drug-likeness (QED) is 0.791. The van der Waals surface area contributed by atoms with Crippen LogP contribution in [-0.4, -0.2) is 37.0 Å². The number of carbonyl (C=O) groups is 2. The van der Waals surface area contributed by atoms with Gasteiger partial charge in [-0.15, -0.1) is 0 Å². The molecule has 0 radical (unpaired) electrons. The van der Waals surface area contributed by atoms with E-state index >= 15 is 0 Å². The van der Waals surface area contributed by atoms with Crippen molar-refractivity contribution >= 4 is 34.4 Å². The zero-order chi connectivity index (χ0) is 16.1. The van der Waals surface area contributed by atoms with E-state index in [9.17, 15) is 9.59 Å². The summed E-state index contributed by atoms with van der Waals surface area (Å²) in [7, 11) is 1.54. The Morgan fingerprint density at radius 2 is 2.18 bits per heavy atom. The lowest BCUT2D eigenvalue weighted by Gasteiger charge is -2.14. The molecule has 1 heterocycles. The molecule has 0 atom stereocenters. The number of esters is 1. The maximum absolute atomic E-state index is 11.9. The topological polar surface area (TPSA) is 83.5 Å². The Hall–Kier alpha value is -2.52. The van der Waals surface area contributed by atoms with Crippen LogP contribution < -0.4 is 0 Å². The molecule has 1 aromatic heterocycles. The van der Waals surface area contributed by atoms with Crippen molar-refractivity contribution < 1.29 is 18.7 Å². The van der Waals surface area contributed by atoms with Crippen molar-refractivity contribution in [1.29, 1.82) is 5.26 Å². The van der Waals surface area contributed by atoms with Gasteiger partial charge in [-0.25, -0.2) is 4.79 Å². The number of furan rings is 1. The van der Waals surface area contributed by atoms with Gasteiger partial charge in [0.05, 0.1) is 12.5 Å². The van der Waals surface area contributed by atoms with Gasteiger partial charge in [-0.05, 0) is 24.3 Å². The molecule has 0 spiro atoms. The number of amides is 1. The predicted octanol–water partition coefficient (Wildman–Crippen LogP) is 2.62. The zero-order valence-electron chi connectivity index (χ0n) is 11.8. The van der Waals surface area contributed by atoms with Crippen molar-refractivity contribution in [1.82, 2.24) is 4.90 Å². The Labute approximate surface area is 131 Å². The van der Waals surface area contributed by atoms with Crippen LogP contribution in [0.5, 0.6) is 0 Å². The normalized spacial score (nSPS) is 10.2. The fourth-order valence-corrected chi connectivity index (χ4v) is 1.95. The van der Waals surface area contributed by atoms with E-state index in [0.29, 0.717) is 16.0 Å². The van der Waals surface area contributed by atoms with Gasteiger partial charge in [-0.1, -0.05) is 11.6 Å². The summed E-state index contributed by atoms with van der Waals surface area (Å²) in [5, 5.41) is 9.67. The number of nitriles is 1.